The lowest BCUT2D eigenvalue weighted by atomic mass is 9.36. The Kier molecular flexibility index (Phi) is 6.14. The second kappa shape index (κ2) is 13.1. The Balaban J connectivity index is 1.61. The van der Waals surface area contributed by atoms with Crippen LogP contribution in [0.4, 0.5) is 34.4 Å². The summed E-state index contributed by atoms with van der Waals surface area (Å²) in [5, 5.41) is 0.267. The molecule has 0 saturated heterocycles. The molecule has 2 aromatic heterocycles. The number of hydrogen-bond acceptors (Lipinski definition) is 5. The highest BCUT2D eigenvalue weighted by Crippen LogP contribution is 2.51. The third-order valence-electron chi connectivity index (χ3n) is 12.4. The molecule has 310 valence electrons. The van der Waals surface area contributed by atoms with Gasteiger partial charge in [0.1, 0.15) is 17.5 Å². The first-order chi connectivity index (χ1) is 33.2. The molecule has 4 nitrogen and oxygen atoms in total. The Morgan fingerprint density at radius 1 is 0.583 bits per heavy atom. The van der Waals surface area contributed by atoms with Gasteiger partial charge in [0, 0.05) is 42.8 Å². The highest BCUT2D eigenvalue weighted by Gasteiger charge is 2.48. The van der Waals surface area contributed by atoms with Crippen LogP contribution >= 0.6 is 11.3 Å². The summed E-state index contributed by atoms with van der Waals surface area (Å²) in [6.07, 6.45) is 1.42. The maximum absolute atomic E-state index is 10.5. The SMILES string of the molecule is [2H]c1c([2H])c(C(C)(C)C)c([2H])c([2H])c1N1c2nc(C(C)(C)C)nc3c2B(c2sc4c([2H])c([2H])c(C(C)(C)C)c([2H])c4c2N3c2c([2H])c([2H])c3c(c2[2H])C(C)(C)CCC3(C)C)c2c([2H])c(C(C)(C)C)c([2H])c([2H])c21. The quantitative estimate of drug-likeness (QED) is 0.163. The topological polar surface area (TPSA) is 32.3 Å². The van der Waals surface area contributed by atoms with E-state index in [4.69, 9.17) is 9.97 Å². The zero-order valence-corrected chi connectivity index (χ0v) is 39.0. The third kappa shape index (κ3) is 6.45. The number of rotatable bonds is 2. The van der Waals surface area contributed by atoms with Crippen LogP contribution in [0.15, 0.2) is 78.6 Å². The molecule has 0 bridgehead atoms. The summed E-state index contributed by atoms with van der Waals surface area (Å²) in [7, 11) is 0. The summed E-state index contributed by atoms with van der Waals surface area (Å²) >= 11 is 1.14. The van der Waals surface area contributed by atoms with E-state index < -0.39 is 51.3 Å². The Morgan fingerprint density at radius 2 is 1.12 bits per heavy atom. The second-order valence-corrected chi connectivity index (χ2v) is 23.5. The second-order valence-electron chi connectivity index (χ2n) is 22.5. The van der Waals surface area contributed by atoms with Crippen molar-refractivity contribution in [1.29, 1.82) is 0 Å². The smallest absolute Gasteiger partial charge is 0.268 e. The average Bonchev–Trinajstić information content (AvgIpc) is 3.64. The van der Waals surface area contributed by atoms with Gasteiger partial charge in [0.2, 0.25) is 0 Å². The molecule has 0 radical (unpaired) electrons. The van der Waals surface area contributed by atoms with Gasteiger partial charge in [-0.1, -0.05) is 147 Å². The van der Waals surface area contributed by atoms with Crippen molar-refractivity contribution in [3.8, 4) is 0 Å². The van der Waals surface area contributed by atoms with Crippen LogP contribution in [0, 0.1) is 0 Å². The lowest BCUT2D eigenvalue weighted by Crippen LogP contribution is -2.61. The summed E-state index contributed by atoms with van der Waals surface area (Å²) in [6, 6.07) is -2.82. The molecule has 9 rings (SSSR count). The van der Waals surface area contributed by atoms with Gasteiger partial charge in [0.05, 0.1) is 23.5 Å². The molecule has 0 saturated carbocycles. The number of aromatic nitrogens is 2. The van der Waals surface area contributed by atoms with E-state index in [1.165, 1.54) is 4.90 Å². The van der Waals surface area contributed by atoms with Crippen molar-refractivity contribution < 1.29 is 17.8 Å². The zero-order valence-electron chi connectivity index (χ0n) is 51.2. The fraction of sp³-hybridized carbons (Fsp3) is 0.444. The minimum absolute atomic E-state index is 0.00756. The molecule has 2 aliphatic heterocycles. The lowest BCUT2D eigenvalue weighted by Gasteiger charge is -2.44. The zero-order chi connectivity index (χ0) is 54.6. The normalized spacial score (nSPS) is 20.1. The van der Waals surface area contributed by atoms with Crippen LogP contribution < -0.4 is 25.5 Å². The highest BCUT2D eigenvalue weighted by molar-refractivity contribution is 7.33. The van der Waals surface area contributed by atoms with E-state index in [-0.39, 0.29) is 139 Å². The van der Waals surface area contributed by atoms with E-state index in [0.717, 1.165) is 17.8 Å². The van der Waals surface area contributed by atoms with Gasteiger partial charge in [-0.15, -0.1) is 11.3 Å². The lowest BCUT2D eigenvalue weighted by molar-refractivity contribution is 0.332. The first-order valence-electron chi connectivity index (χ1n) is 27.7. The van der Waals surface area contributed by atoms with Crippen molar-refractivity contribution in [1.82, 2.24) is 9.97 Å². The molecule has 0 N–H and O–H groups in total. The Labute approximate surface area is 383 Å². The van der Waals surface area contributed by atoms with E-state index in [9.17, 15) is 17.8 Å². The van der Waals surface area contributed by atoms with Crippen LogP contribution in [0.3, 0.4) is 0 Å². The maximum Gasteiger partial charge on any atom is 0.268 e. The van der Waals surface area contributed by atoms with E-state index in [2.05, 4.69) is 0 Å². The standard InChI is InChI=1S/C54H65BN4S/c1-49(2,3)32-17-21-35(22-18-32)58-41-25-19-34(51(7,8)9)30-40(41)55-43-46(58)56-48(52(10,11)12)57-47(43)59(36-23-24-38-39(31-36)54(15,16)28-27-53(38,13)14)44-37-29-33(50(4,5)6)20-26-42(37)60-45(44)55/h17-26,29-31H,27-28H2,1-16H3/i17D,18D,19D,20D,21D,22D,23D,24D,25D,26D,29D,30D,31D. The summed E-state index contributed by atoms with van der Waals surface area (Å²) in [6.45, 7) is 29.4. The van der Waals surface area contributed by atoms with Crippen LogP contribution in [-0.2, 0) is 32.5 Å². The van der Waals surface area contributed by atoms with Crippen LogP contribution in [0.2, 0.25) is 0 Å². The largest absolute Gasteiger partial charge is 0.296 e. The van der Waals surface area contributed by atoms with Crippen LogP contribution in [0.5, 0.6) is 0 Å². The van der Waals surface area contributed by atoms with Crippen molar-refractivity contribution >= 4 is 78.2 Å². The predicted octanol–water partition coefficient (Wildman–Crippen LogP) is 13.3. The van der Waals surface area contributed by atoms with Gasteiger partial charge in [-0.05, 0) is 115 Å². The summed E-state index contributed by atoms with van der Waals surface area (Å²) in [5.74, 6) is 0.380. The number of nitrogens with zero attached hydrogens (tertiary/aromatic N) is 4. The highest BCUT2D eigenvalue weighted by atomic mass is 32.1. The summed E-state index contributed by atoms with van der Waals surface area (Å²) < 4.78 is 129. The third-order valence-corrected chi connectivity index (χ3v) is 13.6. The maximum atomic E-state index is 10.5. The summed E-state index contributed by atoms with van der Waals surface area (Å²) in [4.78, 5) is 13.8. The van der Waals surface area contributed by atoms with Gasteiger partial charge < -0.3 is 0 Å². The van der Waals surface area contributed by atoms with Crippen LogP contribution in [-0.4, -0.2) is 16.7 Å². The molecule has 0 fully saturated rings. The van der Waals surface area contributed by atoms with Gasteiger partial charge >= 0.3 is 0 Å². The first-order valence-corrected chi connectivity index (χ1v) is 22.0. The van der Waals surface area contributed by atoms with Gasteiger partial charge in [0.15, 0.2) is 0 Å². The molecule has 6 aromatic rings. The van der Waals surface area contributed by atoms with Gasteiger partial charge in [-0.3, -0.25) is 9.80 Å². The van der Waals surface area contributed by atoms with Crippen molar-refractivity contribution in [2.24, 2.45) is 0 Å². The summed E-state index contributed by atoms with van der Waals surface area (Å²) in [5.41, 5.74) is -2.14. The number of fused-ring (bicyclic) bond motifs is 7. The molecule has 0 spiro atoms. The molecule has 0 unspecified atom stereocenters. The van der Waals surface area contributed by atoms with Gasteiger partial charge in [-0.2, -0.15) is 0 Å². The minimum Gasteiger partial charge on any atom is -0.296 e. The van der Waals surface area contributed by atoms with Crippen molar-refractivity contribution in [3.05, 3.63) is 112 Å². The molecule has 6 heteroatoms. The number of hydrogen-bond donors (Lipinski definition) is 0. The van der Waals surface area contributed by atoms with Crippen molar-refractivity contribution in [2.75, 3.05) is 9.80 Å². The predicted molar refractivity (Wildman–Crippen MR) is 262 cm³/mol. The Bertz CT molecular complexity index is 3430. The molecule has 4 heterocycles. The van der Waals surface area contributed by atoms with Crippen molar-refractivity contribution in [2.45, 2.75) is 156 Å². The van der Waals surface area contributed by atoms with Gasteiger partial charge in [-0.25, -0.2) is 9.97 Å². The minimum atomic E-state index is -1.10. The molecule has 4 aromatic carbocycles. The molecular formula is C54H65BN4S. The van der Waals surface area contributed by atoms with E-state index in [0.29, 0.717) is 27.9 Å². The first kappa shape index (κ1) is 28.2. The monoisotopic (exact) mass is 826 g/mol. The van der Waals surface area contributed by atoms with Crippen molar-refractivity contribution in [3.63, 3.8) is 0 Å². The molecule has 0 atom stereocenters. The number of benzene rings is 4. The number of thiophene rings is 1. The fourth-order valence-corrected chi connectivity index (χ4v) is 9.73. The Hall–Kier alpha value is -4.42. The molecule has 1 aliphatic carbocycles. The number of anilines is 6. The van der Waals surface area contributed by atoms with E-state index >= 15 is 0 Å². The van der Waals surface area contributed by atoms with Crippen LogP contribution in [0.1, 0.15) is 175 Å². The molecule has 60 heavy (non-hydrogen) atoms. The fourth-order valence-electron chi connectivity index (χ4n) is 8.51. The van der Waals surface area contributed by atoms with E-state index in [1.54, 1.807) is 4.90 Å². The van der Waals surface area contributed by atoms with Gasteiger partial charge in [0.25, 0.3) is 6.71 Å². The molecule has 0 amide bonds. The van der Waals surface area contributed by atoms with E-state index in [1.807, 2.05) is 111 Å². The molecular weight excluding hydrogens is 748 g/mol. The Morgan fingerprint density at radius 3 is 1.72 bits per heavy atom. The average molecular weight is 826 g/mol. The molecule has 3 aliphatic rings. The van der Waals surface area contributed by atoms with Crippen LogP contribution in [0.25, 0.3) is 10.1 Å².